The van der Waals surface area contributed by atoms with Crippen molar-refractivity contribution in [3.05, 3.63) is 27.4 Å². The number of carbonyl (C=O) groups is 1. The number of hydrogen-bond donors (Lipinski definition) is 1. The van der Waals surface area contributed by atoms with Crippen LogP contribution in [0.2, 0.25) is 0 Å². The third-order valence-electron chi connectivity index (χ3n) is 3.55. The normalized spacial score (nSPS) is 16.6. The molecule has 0 saturated heterocycles. The topological polar surface area (TPSA) is 72.2 Å². The molecule has 98 valence electrons. The van der Waals surface area contributed by atoms with E-state index in [-0.39, 0.29) is 11.7 Å². The molecule has 1 fully saturated rings. The summed E-state index contributed by atoms with van der Waals surface area (Å²) >= 11 is 0. The highest BCUT2D eigenvalue weighted by Gasteiger charge is 2.28. The van der Waals surface area contributed by atoms with E-state index in [9.17, 15) is 9.59 Å². The second-order valence-electron chi connectivity index (χ2n) is 5.09. The number of aromatic nitrogens is 2. The molecule has 1 aromatic rings. The van der Waals surface area contributed by atoms with Gasteiger partial charge in [0, 0.05) is 17.4 Å². The maximum atomic E-state index is 11.8. The van der Waals surface area contributed by atoms with Crippen LogP contribution in [0.4, 0.5) is 0 Å². The Bertz CT molecular complexity index is 544. The lowest BCUT2D eigenvalue weighted by atomic mass is 9.99. The molecule has 1 atom stereocenters. The molecule has 1 aliphatic carbocycles. The first-order valence-corrected chi connectivity index (χ1v) is 6.23. The van der Waals surface area contributed by atoms with Crippen LogP contribution in [0.5, 0.6) is 0 Å². The van der Waals surface area contributed by atoms with Gasteiger partial charge in [-0.1, -0.05) is 6.92 Å². The summed E-state index contributed by atoms with van der Waals surface area (Å²) in [4.78, 5) is 26.8. The van der Waals surface area contributed by atoms with Crippen molar-refractivity contribution in [1.29, 1.82) is 0 Å². The molecule has 2 rings (SSSR count). The molecule has 18 heavy (non-hydrogen) atoms. The first-order chi connectivity index (χ1) is 8.41. The molecular formula is C13H18N2O3. The summed E-state index contributed by atoms with van der Waals surface area (Å²) < 4.78 is 1.72. The molecule has 0 aliphatic heterocycles. The van der Waals surface area contributed by atoms with Crippen molar-refractivity contribution < 1.29 is 9.90 Å². The quantitative estimate of drug-likeness (QED) is 0.878. The number of carboxylic acids is 1. The Morgan fingerprint density at radius 3 is 2.61 bits per heavy atom. The highest BCUT2D eigenvalue weighted by Crippen LogP contribution is 2.35. The summed E-state index contributed by atoms with van der Waals surface area (Å²) in [5, 5.41) is 8.98. The van der Waals surface area contributed by atoms with Gasteiger partial charge in [0.05, 0.1) is 5.92 Å². The second-order valence-corrected chi connectivity index (χ2v) is 5.09. The van der Waals surface area contributed by atoms with Gasteiger partial charge in [-0.15, -0.1) is 0 Å². The molecule has 1 saturated carbocycles. The van der Waals surface area contributed by atoms with Crippen molar-refractivity contribution in [1.82, 2.24) is 9.55 Å². The number of aryl methyl sites for hydroxylation is 1. The average Bonchev–Trinajstić information content (AvgIpc) is 3.07. The summed E-state index contributed by atoms with van der Waals surface area (Å²) in [5.74, 6) is -1.28. The van der Waals surface area contributed by atoms with E-state index in [0.29, 0.717) is 12.1 Å². The zero-order valence-electron chi connectivity index (χ0n) is 10.9. The van der Waals surface area contributed by atoms with Gasteiger partial charge in [0.15, 0.2) is 0 Å². The van der Waals surface area contributed by atoms with Crippen LogP contribution >= 0.6 is 0 Å². The van der Waals surface area contributed by atoms with Gasteiger partial charge in [0.25, 0.3) is 0 Å². The lowest BCUT2D eigenvalue weighted by Crippen LogP contribution is -2.28. The Kier molecular flexibility index (Phi) is 3.24. The summed E-state index contributed by atoms with van der Waals surface area (Å²) in [7, 11) is 0. The molecule has 0 bridgehead atoms. The fourth-order valence-electron chi connectivity index (χ4n) is 2.27. The van der Waals surface area contributed by atoms with E-state index in [2.05, 4.69) is 4.98 Å². The maximum absolute atomic E-state index is 11.8. The predicted molar refractivity (Wildman–Crippen MR) is 66.7 cm³/mol. The van der Waals surface area contributed by atoms with Crippen LogP contribution in [-0.4, -0.2) is 20.6 Å². The highest BCUT2D eigenvalue weighted by atomic mass is 16.4. The van der Waals surface area contributed by atoms with Gasteiger partial charge >= 0.3 is 11.7 Å². The van der Waals surface area contributed by atoms with Crippen LogP contribution in [0.1, 0.15) is 42.8 Å². The standard InChI is InChI=1S/C13H18N2O3/c1-7(12(16)17)6-11-8(2)14-13(18)15(9(11)3)10-4-5-10/h7,10H,4-6H2,1-3H3,(H,16,17). The van der Waals surface area contributed by atoms with E-state index >= 15 is 0 Å². The van der Waals surface area contributed by atoms with Crippen molar-refractivity contribution in [2.45, 2.75) is 46.1 Å². The smallest absolute Gasteiger partial charge is 0.348 e. The van der Waals surface area contributed by atoms with Crippen molar-refractivity contribution in [3.8, 4) is 0 Å². The van der Waals surface area contributed by atoms with E-state index in [1.165, 1.54) is 0 Å². The number of aliphatic carboxylic acids is 1. The minimum Gasteiger partial charge on any atom is -0.481 e. The first kappa shape index (κ1) is 12.8. The second kappa shape index (κ2) is 4.55. The molecule has 5 nitrogen and oxygen atoms in total. The van der Waals surface area contributed by atoms with Gasteiger partial charge in [0.1, 0.15) is 0 Å². The van der Waals surface area contributed by atoms with Crippen molar-refractivity contribution in [3.63, 3.8) is 0 Å². The molecule has 1 N–H and O–H groups in total. The van der Waals surface area contributed by atoms with Gasteiger partial charge in [0.2, 0.25) is 0 Å². The lowest BCUT2D eigenvalue weighted by molar-refractivity contribution is -0.141. The molecule has 1 aliphatic rings. The number of rotatable bonds is 4. The monoisotopic (exact) mass is 250 g/mol. The molecule has 0 radical (unpaired) electrons. The Morgan fingerprint density at radius 1 is 1.50 bits per heavy atom. The third kappa shape index (κ3) is 2.30. The van der Waals surface area contributed by atoms with E-state index in [1.807, 2.05) is 6.92 Å². The van der Waals surface area contributed by atoms with Crippen LogP contribution in [0.15, 0.2) is 4.79 Å². The molecule has 0 aromatic carbocycles. The molecule has 1 unspecified atom stereocenters. The van der Waals surface area contributed by atoms with Gasteiger partial charge in [-0.3, -0.25) is 9.36 Å². The fraction of sp³-hybridized carbons (Fsp3) is 0.615. The highest BCUT2D eigenvalue weighted by molar-refractivity contribution is 5.70. The molecule has 1 aromatic heterocycles. The Hall–Kier alpha value is -1.65. The van der Waals surface area contributed by atoms with Crippen molar-refractivity contribution >= 4 is 5.97 Å². The van der Waals surface area contributed by atoms with Crippen LogP contribution in [0.3, 0.4) is 0 Å². The first-order valence-electron chi connectivity index (χ1n) is 6.23. The van der Waals surface area contributed by atoms with Crippen LogP contribution < -0.4 is 5.69 Å². The Balaban J connectivity index is 2.43. The van der Waals surface area contributed by atoms with Crippen LogP contribution in [0, 0.1) is 19.8 Å². The maximum Gasteiger partial charge on any atom is 0.348 e. The lowest BCUT2D eigenvalue weighted by Gasteiger charge is -2.16. The number of nitrogens with zero attached hydrogens (tertiary/aromatic N) is 2. The van der Waals surface area contributed by atoms with E-state index in [4.69, 9.17) is 5.11 Å². The molecule has 0 spiro atoms. The van der Waals surface area contributed by atoms with Gasteiger partial charge in [-0.05, 0) is 38.7 Å². The van der Waals surface area contributed by atoms with Crippen molar-refractivity contribution in [2.75, 3.05) is 0 Å². The molecular weight excluding hydrogens is 232 g/mol. The minimum atomic E-state index is -0.821. The van der Waals surface area contributed by atoms with Crippen molar-refractivity contribution in [2.24, 2.45) is 5.92 Å². The zero-order valence-corrected chi connectivity index (χ0v) is 10.9. The number of carboxylic acid groups (broad SMARTS) is 1. The van der Waals surface area contributed by atoms with Gasteiger partial charge in [-0.2, -0.15) is 4.98 Å². The van der Waals surface area contributed by atoms with E-state index in [0.717, 1.165) is 24.1 Å². The van der Waals surface area contributed by atoms with Gasteiger partial charge < -0.3 is 5.11 Å². The molecule has 1 heterocycles. The van der Waals surface area contributed by atoms with Gasteiger partial charge in [-0.25, -0.2) is 4.79 Å². The predicted octanol–water partition coefficient (Wildman–Crippen LogP) is 1.46. The largest absolute Gasteiger partial charge is 0.481 e. The van der Waals surface area contributed by atoms with Crippen LogP contribution in [-0.2, 0) is 11.2 Å². The van der Waals surface area contributed by atoms with E-state index < -0.39 is 11.9 Å². The Morgan fingerprint density at radius 2 is 2.11 bits per heavy atom. The summed E-state index contributed by atoms with van der Waals surface area (Å²) in [5.41, 5.74) is 2.22. The SMILES string of the molecule is Cc1nc(=O)n(C2CC2)c(C)c1CC(C)C(=O)O. The third-order valence-corrected chi connectivity index (χ3v) is 3.55. The summed E-state index contributed by atoms with van der Waals surface area (Å²) in [6.07, 6.45) is 2.45. The van der Waals surface area contributed by atoms with E-state index in [1.54, 1.807) is 18.4 Å². The summed E-state index contributed by atoms with van der Waals surface area (Å²) in [6.45, 7) is 5.33. The van der Waals surface area contributed by atoms with Crippen LogP contribution in [0.25, 0.3) is 0 Å². The average molecular weight is 250 g/mol. The molecule has 0 amide bonds. The molecule has 5 heteroatoms. The fourth-order valence-corrected chi connectivity index (χ4v) is 2.27. The minimum absolute atomic E-state index is 0.209. The number of hydrogen-bond acceptors (Lipinski definition) is 3. The zero-order chi connectivity index (χ0) is 13.4. The Labute approximate surface area is 105 Å². The summed E-state index contributed by atoms with van der Waals surface area (Å²) in [6, 6.07) is 0.268.